The van der Waals surface area contributed by atoms with E-state index in [0.29, 0.717) is 4.47 Å². The van der Waals surface area contributed by atoms with Gasteiger partial charge in [-0.25, -0.2) is 9.37 Å². The van der Waals surface area contributed by atoms with Crippen LogP contribution in [0.3, 0.4) is 0 Å². The number of rotatable bonds is 2. The molecule has 0 unspecified atom stereocenters. The Kier molecular flexibility index (Phi) is 3.31. The summed E-state index contributed by atoms with van der Waals surface area (Å²) in [7, 11) is 0. The minimum absolute atomic E-state index is 0.132. The highest BCUT2D eigenvalue weighted by Gasteiger charge is 2.10. The molecule has 0 spiro atoms. The molecule has 1 amide bonds. The molecule has 16 heavy (non-hydrogen) atoms. The summed E-state index contributed by atoms with van der Waals surface area (Å²) >= 11 is 4.51. The summed E-state index contributed by atoms with van der Waals surface area (Å²) in [5, 5.41) is 4.06. The quantitative estimate of drug-likeness (QED) is 0.924. The standard InChI is InChI=1S/C10H6BrFN2OS/c11-6-1-2-7(12)8(3-6)14-10(15)9-4-16-5-13-9/h1-5H,(H,14,15). The molecule has 1 heterocycles. The number of benzene rings is 1. The van der Waals surface area contributed by atoms with E-state index in [0.717, 1.165) is 0 Å². The number of halogens is 2. The fraction of sp³-hybridized carbons (Fsp3) is 0. The van der Waals surface area contributed by atoms with Gasteiger partial charge in [-0.15, -0.1) is 11.3 Å². The number of thiazole rings is 1. The summed E-state index contributed by atoms with van der Waals surface area (Å²) in [6, 6.07) is 4.34. The van der Waals surface area contributed by atoms with Gasteiger partial charge >= 0.3 is 0 Å². The number of amides is 1. The lowest BCUT2D eigenvalue weighted by atomic mass is 10.3. The molecule has 0 saturated heterocycles. The van der Waals surface area contributed by atoms with E-state index in [1.807, 2.05) is 0 Å². The Hall–Kier alpha value is -1.27. The number of aromatic nitrogens is 1. The van der Waals surface area contributed by atoms with E-state index in [4.69, 9.17) is 0 Å². The van der Waals surface area contributed by atoms with Gasteiger partial charge in [-0.05, 0) is 18.2 Å². The SMILES string of the molecule is O=C(Nc1cc(Br)ccc1F)c1cscn1. The second-order valence-electron chi connectivity index (χ2n) is 2.95. The maximum absolute atomic E-state index is 13.3. The van der Waals surface area contributed by atoms with Crippen molar-refractivity contribution in [1.82, 2.24) is 4.98 Å². The monoisotopic (exact) mass is 300 g/mol. The second kappa shape index (κ2) is 4.71. The minimum atomic E-state index is -0.480. The Bertz CT molecular complexity index is 516. The first-order valence-electron chi connectivity index (χ1n) is 4.31. The first-order chi connectivity index (χ1) is 7.66. The van der Waals surface area contributed by atoms with Gasteiger partial charge in [0.2, 0.25) is 0 Å². The average Bonchev–Trinajstić information content (AvgIpc) is 2.76. The predicted molar refractivity (Wildman–Crippen MR) is 64.2 cm³/mol. The molecule has 0 aliphatic carbocycles. The van der Waals surface area contributed by atoms with Crippen LogP contribution in [0.5, 0.6) is 0 Å². The van der Waals surface area contributed by atoms with Crippen molar-refractivity contribution in [2.45, 2.75) is 0 Å². The van der Waals surface area contributed by atoms with E-state index in [-0.39, 0.29) is 11.4 Å². The van der Waals surface area contributed by atoms with E-state index in [1.54, 1.807) is 17.0 Å². The fourth-order valence-electron chi connectivity index (χ4n) is 1.10. The topological polar surface area (TPSA) is 42.0 Å². The predicted octanol–water partition coefficient (Wildman–Crippen LogP) is 3.30. The van der Waals surface area contributed by atoms with Gasteiger partial charge in [-0.1, -0.05) is 15.9 Å². The van der Waals surface area contributed by atoms with Crippen molar-refractivity contribution in [3.8, 4) is 0 Å². The van der Waals surface area contributed by atoms with Crippen LogP contribution in [-0.2, 0) is 0 Å². The van der Waals surface area contributed by atoms with Crippen molar-refractivity contribution >= 4 is 38.9 Å². The Labute approximate surface area is 103 Å². The molecule has 82 valence electrons. The third-order valence-corrected chi connectivity index (χ3v) is 2.92. The number of nitrogens with one attached hydrogen (secondary N) is 1. The summed E-state index contributed by atoms with van der Waals surface area (Å²) in [6.45, 7) is 0. The van der Waals surface area contributed by atoms with E-state index in [9.17, 15) is 9.18 Å². The lowest BCUT2D eigenvalue weighted by molar-refractivity contribution is 0.102. The maximum Gasteiger partial charge on any atom is 0.275 e. The molecule has 0 atom stereocenters. The molecule has 0 bridgehead atoms. The molecule has 0 aliphatic heterocycles. The van der Waals surface area contributed by atoms with Crippen LogP contribution in [0.1, 0.15) is 10.5 Å². The van der Waals surface area contributed by atoms with Crippen LogP contribution in [0.15, 0.2) is 33.6 Å². The molecule has 0 aliphatic rings. The van der Waals surface area contributed by atoms with Crippen LogP contribution >= 0.6 is 27.3 Å². The normalized spacial score (nSPS) is 10.1. The van der Waals surface area contributed by atoms with Gasteiger partial charge in [0.15, 0.2) is 0 Å². The van der Waals surface area contributed by atoms with Gasteiger partial charge in [-0.3, -0.25) is 4.79 Å². The third kappa shape index (κ3) is 2.45. The number of nitrogens with zero attached hydrogens (tertiary/aromatic N) is 1. The molecular weight excluding hydrogens is 295 g/mol. The van der Waals surface area contributed by atoms with Crippen LogP contribution in [-0.4, -0.2) is 10.9 Å². The second-order valence-corrected chi connectivity index (χ2v) is 4.59. The average molecular weight is 301 g/mol. The lowest BCUT2D eigenvalue weighted by Crippen LogP contribution is -2.13. The molecule has 2 aromatic rings. The van der Waals surface area contributed by atoms with Crippen molar-refractivity contribution < 1.29 is 9.18 Å². The van der Waals surface area contributed by atoms with Gasteiger partial charge < -0.3 is 5.32 Å². The van der Waals surface area contributed by atoms with Crippen LogP contribution in [0.2, 0.25) is 0 Å². The van der Waals surface area contributed by atoms with Crippen molar-refractivity contribution in [1.29, 1.82) is 0 Å². The highest BCUT2D eigenvalue weighted by atomic mass is 79.9. The largest absolute Gasteiger partial charge is 0.318 e. The van der Waals surface area contributed by atoms with Gasteiger partial charge in [0.1, 0.15) is 11.5 Å². The van der Waals surface area contributed by atoms with Gasteiger partial charge in [0.05, 0.1) is 11.2 Å². The number of carbonyl (C=O) groups is 1. The van der Waals surface area contributed by atoms with Gasteiger partial charge in [0, 0.05) is 9.85 Å². The number of carbonyl (C=O) groups excluding carboxylic acids is 1. The van der Waals surface area contributed by atoms with Crippen molar-refractivity contribution in [3.63, 3.8) is 0 Å². The zero-order valence-corrected chi connectivity index (χ0v) is 10.3. The van der Waals surface area contributed by atoms with Crippen LogP contribution in [0, 0.1) is 5.82 Å². The van der Waals surface area contributed by atoms with Crippen LogP contribution < -0.4 is 5.32 Å². The molecule has 1 aromatic carbocycles. The first kappa shape index (κ1) is 11.2. The maximum atomic E-state index is 13.3. The zero-order chi connectivity index (χ0) is 11.5. The Balaban J connectivity index is 2.21. The molecule has 3 nitrogen and oxygen atoms in total. The highest BCUT2D eigenvalue weighted by molar-refractivity contribution is 9.10. The summed E-state index contributed by atoms with van der Waals surface area (Å²) < 4.78 is 14.0. The Morgan fingerprint density at radius 3 is 3.00 bits per heavy atom. The zero-order valence-electron chi connectivity index (χ0n) is 7.91. The number of hydrogen-bond donors (Lipinski definition) is 1. The van der Waals surface area contributed by atoms with E-state index >= 15 is 0 Å². The molecule has 1 N–H and O–H groups in total. The van der Waals surface area contributed by atoms with Crippen molar-refractivity contribution in [3.05, 3.63) is 45.1 Å². The highest BCUT2D eigenvalue weighted by Crippen LogP contribution is 2.20. The molecule has 6 heteroatoms. The molecule has 0 radical (unpaired) electrons. The number of anilines is 1. The smallest absolute Gasteiger partial charge is 0.275 e. The summed E-state index contributed by atoms with van der Waals surface area (Å²) in [4.78, 5) is 15.4. The third-order valence-electron chi connectivity index (χ3n) is 1.84. The molecule has 0 saturated carbocycles. The summed E-state index contributed by atoms with van der Waals surface area (Å²) in [5.41, 5.74) is 1.96. The summed E-state index contributed by atoms with van der Waals surface area (Å²) in [5.74, 6) is -0.898. The van der Waals surface area contributed by atoms with E-state index in [1.165, 1.54) is 23.5 Å². The van der Waals surface area contributed by atoms with Crippen LogP contribution in [0.25, 0.3) is 0 Å². The van der Waals surface area contributed by atoms with Crippen molar-refractivity contribution in [2.24, 2.45) is 0 Å². The Morgan fingerprint density at radius 1 is 1.50 bits per heavy atom. The Morgan fingerprint density at radius 2 is 2.31 bits per heavy atom. The van der Waals surface area contributed by atoms with Gasteiger partial charge in [-0.2, -0.15) is 0 Å². The molecule has 0 fully saturated rings. The van der Waals surface area contributed by atoms with E-state index in [2.05, 4.69) is 26.2 Å². The minimum Gasteiger partial charge on any atom is -0.318 e. The molecule has 1 aromatic heterocycles. The van der Waals surface area contributed by atoms with Crippen molar-refractivity contribution in [2.75, 3.05) is 5.32 Å². The van der Waals surface area contributed by atoms with E-state index < -0.39 is 11.7 Å². The first-order valence-corrected chi connectivity index (χ1v) is 6.05. The number of hydrogen-bond acceptors (Lipinski definition) is 3. The molecule has 2 rings (SSSR count). The molecular formula is C10H6BrFN2OS. The lowest BCUT2D eigenvalue weighted by Gasteiger charge is -2.04. The fourth-order valence-corrected chi connectivity index (χ4v) is 2.00. The van der Waals surface area contributed by atoms with Crippen LogP contribution in [0.4, 0.5) is 10.1 Å². The van der Waals surface area contributed by atoms with Gasteiger partial charge in [0.25, 0.3) is 5.91 Å². The summed E-state index contributed by atoms with van der Waals surface area (Å²) in [6.07, 6.45) is 0.